The molecule has 0 unspecified atom stereocenters. The zero-order valence-electron chi connectivity index (χ0n) is 24.7. The first kappa shape index (κ1) is 32.3. The molecule has 0 saturated carbocycles. The number of rotatable bonds is 15. The van der Waals surface area contributed by atoms with Crippen LogP contribution >= 0.6 is 0 Å². The molecule has 0 spiro atoms. The van der Waals surface area contributed by atoms with Gasteiger partial charge in [0.15, 0.2) is 11.5 Å². The van der Waals surface area contributed by atoms with Crippen LogP contribution in [0.2, 0.25) is 0 Å². The summed E-state index contributed by atoms with van der Waals surface area (Å²) in [5, 5.41) is 2.76. The molecule has 0 fully saturated rings. The van der Waals surface area contributed by atoms with E-state index in [1.807, 2.05) is 37.3 Å². The lowest BCUT2D eigenvalue weighted by atomic mass is 10.1. The number of carbonyl (C=O) groups excluding carboxylic acids is 2. The van der Waals surface area contributed by atoms with Crippen LogP contribution in [0.15, 0.2) is 77.7 Å². The molecule has 0 aliphatic heterocycles. The molecular formula is C31H39N3O7S. The maximum atomic E-state index is 14.1. The van der Waals surface area contributed by atoms with Gasteiger partial charge in [-0.25, -0.2) is 8.42 Å². The Balaban J connectivity index is 2.03. The molecule has 42 heavy (non-hydrogen) atoms. The van der Waals surface area contributed by atoms with E-state index < -0.39 is 28.5 Å². The number of carbonyl (C=O) groups is 2. The van der Waals surface area contributed by atoms with Crippen molar-refractivity contribution < 1.29 is 32.2 Å². The molecule has 0 heterocycles. The molecule has 1 N–H and O–H groups in total. The van der Waals surface area contributed by atoms with Crippen LogP contribution in [0.3, 0.4) is 0 Å². The molecule has 0 aliphatic carbocycles. The van der Waals surface area contributed by atoms with Gasteiger partial charge in [-0.3, -0.25) is 13.9 Å². The number of sulfonamides is 1. The first-order valence-corrected chi connectivity index (χ1v) is 15.2. The maximum absolute atomic E-state index is 14.1. The fraction of sp³-hybridized carbons (Fsp3) is 0.355. The first-order chi connectivity index (χ1) is 20.2. The van der Waals surface area contributed by atoms with Gasteiger partial charge in [-0.05, 0) is 69.2 Å². The lowest BCUT2D eigenvalue weighted by molar-refractivity contribution is -0.138. The molecule has 2 amide bonds. The van der Waals surface area contributed by atoms with Gasteiger partial charge in [-0.1, -0.05) is 30.3 Å². The number of likely N-dealkylation sites (N-methyl/N-ethyl adjacent to an activating group) is 1. The van der Waals surface area contributed by atoms with Crippen LogP contribution in [0.1, 0.15) is 26.3 Å². The number of hydrogen-bond acceptors (Lipinski definition) is 7. The number of nitrogens with one attached hydrogen (secondary N) is 1. The standard InChI is InChI=1S/C31H39N3O7S/c1-6-32-31(36)23(3)33(20-19-24-11-9-8-10-12-24)30(35)22-34(25-13-15-26(16-14-25)41-7-2)42(37,38)27-17-18-28(39-4)29(21-27)40-5/h8-18,21,23H,6-7,19-20,22H2,1-5H3,(H,32,36)/t23-/m1/s1. The van der Waals surface area contributed by atoms with Crippen LogP contribution in [-0.4, -0.2) is 71.6 Å². The molecule has 0 aliphatic rings. The topological polar surface area (TPSA) is 114 Å². The van der Waals surface area contributed by atoms with Crippen molar-refractivity contribution in [3.63, 3.8) is 0 Å². The van der Waals surface area contributed by atoms with Gasteiger partial charge in [0, 0.05) is 19.2 Å². The summed E-state index contributed by atoms with van der Waals surface area (Å²) in [6.07, 6.45) is 0.488. The summed E-state index contributed by atoms with van der Waals surface area (Å²) in [5.74, 6) is 0.302. The molecule has 10 nitrogen and oxygen atoms in total. The second kappa shape index (κ2) is 15.1. The predicted octanol–water partition coefficient (Wildman–Crippen LogP) is 3.89. The van der Waals surface area contributed by atoms with Gasteiger partial charge in [-0.2, -0.15) is 0 Å². The molecule has 11 heteroatoms. The Kier molecular flexibility index (Phi) is 11.6. The minimum Gasteiger partial charge on any atom is -0.494 e. The van der Waals surface area contributed by atoms with Crippen molar-refractivity contribution in [2.45, 2.75) is 38.1 Å². The first-order valence-electron chi connectivity index (χ1n) is 13.7. The van der Waals surface area contributed by atoms with Crippen molar-refractivity contribution in [2.24, 2.45) is 0 Å². The molecule has 226 valence electrons. The Morgan fingerprint density at radius 2 is 1.57 bits per heavy atom. The highest BCUT2D eigenvalue weighted by molar-refractivity contribution is 7.92. The highest BCUT2D eigenvalue weighted by atomic mass is 32.2. The molecule has 0 radical (unpaired) electrons. The Hall–Kier alpha value is -4.25. The molecule has 3 aromatic carbocycles. The third-order valence-electron chi connectivity index (χ3n) is 6.66. The zero-order valence-corrected chi connectivity index (χ0v) is 25.5. The van der Waals surface area contributed by atoms with Gasteiger partial charge in [0.1, 0.15) is 18.3 Å². The van der Waals surface area contributed by atoms with E-state index >= 15 is 0 Å². The summed E-state index contributed by atoms with van der Waals surface area (Å²) in [7, 11) is -1.41. The summed E-state index contributed by atoms with van der Waals surface area (Å²) in [4.78, 5) is 28.1. The summed E-state index contributed by atoms with van der Waals surface area (Å²) < 4.78 is 45.4. The quantitative estimate of drug-likeness (QED) is 0.283. The van der Waals surface area contributed by atoms with Crippen LogP contribution < -0.4 is 23.8 Å². The van der Waals surface area contributed by atoms with Crippen LogP contribution in [0, 0.1) is 0 Å². The average molecular weight is 598 g/mol. The van der Waals surface area contributed by atoms with Crippen LogP contribution in [0.4, 0.5) is 5.69 Å². The van der Waals surface area contributed by atoms with Crippen molar-refractivity contribution in [3.8, 4) is 17.2 Å². The van der Waals surface area contributed by atoms with E-state index in [-0.39, 0.29) is 28.8 Å². The smallest absolute Gasteiger partial charge is 0.264 e. The third kappa shape index (κ3) is 7.94. The number of ether oxygens (including phenoxy) is 3. The Morgan fingerprint density at radius 3 is 2.17 bits per heavy atom. The fourth-order valence-electron chi connectivity index (χ4n) is 4.40. The third-order valence-corrected chi connectivity index (χ3v) is 8.43. The van der Waals surface area contributed by atoms with E-state index in [9.17, 15) is 18.0 Å². The van der Waals surface area contributed by atoms with Gasteiger partial charge in [-0.15, -0.1) is 0 Å². The number of benzene rings is 3. The summed E-state index contributed by atoms with van der Waals surface area (Å²) in [6.45, 7) is 5.80. The molecule has 3 aromatic rings. The lowest BCUT2D eigenvalue weighted by Crippen LogP contribution is -2.52. The van der Waals surface area contributed by atoms with Gasteiger partial charge >= 0.3 is 0 Å². The largest absolute Gasteiger partial charge is 0.494 e. The predicted molar refractivity (Wildman–Crippen MR) is 162 cm³/mol. The number of hydrogen-bond donors (Lipinski definition) is 1. The summed E-state index contributed by atoms with van der Waals surface area (Å²) in [6, 6.07) is 19.4. The second-order valence-electron chi connectivity index (χ2n) is 9.35. The Labute approximate surface area is 248 Å². The van der Waals surface area contributed by atoms with E-state index in [0.29, 0.717) is 31.1 Å². The van der Waals surface area contributed by atoms with Gasteiger partial charge < -0.3 is 24.4 Å². The lowest BCUT2D eigenvalue weighted by Gasteiger charge is -2.32. The van der Waals surface area contributed by atoms with E-state index in [1.54, 1.807) is 38.1 Å². The van der Waals surface area contributed by atoms with E-state index in [2.05, 4.69) is 5.32 Å². The summed E-state index contributed by atoms with van der Waals surface area (Å²) in [5.41, 5.74) is 1.25. The Bertz CT molecular complexity index is 1430. The molecule has 1 atom stereocenters. The molecule has 0 aromatic heterocycles. The van der Waals surface area contributed by atoms with Crippen LogP contribution in [-0.2, 0) is 26.0 Å². The van der Waals surface area contributed by atoms with Crippen LogP contribution in [0.5, 0.6) is 17.2 Å². The number of amides is 2. The van der Waals surface area contributed by atoms with Gasteiger partial charge in [0.25, 0.3) is 10.0 Å². The summed E-state index contributed by atoms with van der Waals surface area (Å²) >= 11 is 0. The minimum atomic E-state index is -4.28. The normalized spacial score (nSPS) is 11.7. The molecule has 0 saturated heterocycles. The highest BCUT2D eigenvalue weighted by Crippen LogP contribution is 2.33. The molecule has 0 bridgehead atoms. The van der Waals surface area contributed by atoms with Crippen molar-refractivity contribution in [3.05, 3.63) is 78.4 Å². The van der Waals surface area contributed by atoms with Crippen molar-refractivity contribution in [1.29, 1.82) is 0 Å². The minimum absolute atomic E-state index is 0.0885. The van der Waals surface area contributed by atoms with Crippen LogP contribution in [0.25, 0.3) is 0 Å². The maximum Gasteiger partial charge on any atom is 0.264 e. The zero-order chi connectivity index (χ0) is 30.7. The fourth-order valence-corrected chi connectivity index (χ4v) is 5.83. The highest BCUT2D eigenvalue weighted by Gasteiger charge is 2.32. The van der Waals surface area contributed by atoms with Gasteiger partial charge in [0.2, 0.25) is 11.8 Å². The monoisotopic (exact) mass is 597 g/mol. The van der Waals surface area contributed by atoms with E-state index in [0.717, 1.165) is 9.87 Å². The second-order valence-corrected chi connectivity index (χ2v) is 11.2. The van der Waals surface area contributed by atoms with E-state index in [4.69, 9.17) is 14.2 Å². The van der Waals surface area contributed by atoms with Crippen molar-refractivity contribution in [1.82, 2.24) is 10.2 Å². The number of nitrogens with zero attached hydrogens (tertiary/aromatic N) is 2. The molecule has 3 rings (SSSR count). The SMILES string of the molecule is CCNC(=O)[C@@H](C)N(CCc1ccccc1)C(=O)CN(c1ccc(OCC)cc1)S(=O)(=O)c1ccc(OC)c(OC)c1. The number of methoxy groups -OCH3 is 2. The number of anilines is 1. The van der Waals surface area contributed by atoms with Crippen molar-refractivity contribution >= 4 is 27.5 Å². The van der Waals surface area contributed by atoms with Gasteiger partial charge in [0.05, 0.1) is 31.4 Å². The average Bonchev–Trinajstić information content (AvgIpc) is 3.00. The Morgan fingerprint density at radius 1 is 0.905 bits per heavy atom. The van der Waals surface area contributed by atoms with Crippen molar-refractivity contribution in [2.75, 3.05) is 44.8 Å². The molecular weight excluding hydrogens is 558 g/mol. The van der Waals surface area contributed by atoms with E-state index in [1.165, 1.54) is 37.3 Å².